The molecule has 9 heteroatoms. The minimum absolute atomic E-state index is 0. The van der Waals surface area contributed by atoms with Gasteiger partial charge in [-0.1, -0.05) is 11.6 Å². The number of carbonyl (C=O) groups is 1. The standard InChI is InChI=1S/C15H22ClN3O3S.ClH/c1-11(15(20)19-9-3-4-13(19)10-17-2)18-23(21,22)14-7-5-12(16)6-8-14;/h5-8,11,13,17-18H,3-4,9-10H2,1-2H3;1H. The molecule has 1 amide bonds. The van der Waals surface area contributed by atoms with Crippen molar-refractivity contribution in [2.24, 2.45) is 0 Å². The first-order valence-corrected chi connectivity index (χ1v) is 9.44. The van der Waals surface area contributed by atoms with Gasteiger partial charge < -0.3 is 10.2 Å². The first-order chi connectivity index (χ1) is 10.8. The van der Waals surface area contributed by atoms with Crippen molar-refractivity contribution in [3.63, 3.8) is 0 Å². The van der Waals surface area contributed by atoms with E-state index >= 15 is 0 Å². The second kappa shape index (κ2) is 9.01. The summed E-state index contributed by atoms with van der Waals surface area (Å²) in [5, 5.41) is 3.53. The molecule has 2 N–H and O–H groups in total. The molecule has 0 saturated carbocycles. The van der Waals surface area contributed by atoms with Crippen LogP contribution in [0, 0.1) is 0 Å². The first kappa shape index (κ1) is 21.2. The van der Waals surface area contributed by atoms with E-state index in [-0.39, 0.29) is 29.3 Å². The van der Waals surface area contributed by atoms with Crippen LogP contribution in [0.2, 0.25) is 5.02 Å². The van der Waals surface area contributed by atoms with Crippen LogP contribution >= 0.6 is 24.0 Å². The predicted molar refractivity (Wildman–Crippen MR) is 97.1 cm³/mol. The van der Waals surface area contributed by atoms with Gasteiger partial charge in [0.1, 0.15) is 0 Å². The van der Waals surface area contributed by atoms with Crippen LogP contribution in [0.15, 0.2) is 29.2 Å². The van der Waals surface area contributed by atoms with Crippen LogP contribution in [0.3, 0.4) is 0 Å². The van der Waals surface area contributed by atoms with E-state index < -0.39 is 16.1 Å². The number of carbonyl (C=O) groups excluding carboxylic acids is 1. The fourth-order valence-corrected chi connectivity index (χ4v) is 4.11. The molecule has 1 aromatic rings. The van der Waals surface area contributed by atoms with Crippen molar-refractivity contribution in [1.82, 2.24) is 14.9 Å². The Morgan fingerprint density at radius 1 is 1.38 bits per heavy atom. The highest BCUT2D eigenvalue weighted by Crippen LogP contribution is 2.19. The number of benzene rings is 1. The van der Waals surface area contributed by atoms with Gasteiger partial charge in [0.05, 0.1) is 10.9 Å². The topological polar surface area (TPSA) is 78.5 Å². The monoisotopic (exact) mass is 395 g/mol. The zero-order chi connectivity index (χ0) is 17.0. The number of hydrogen-bond acceptors (Lipinski definition) is 4. The molecular weight excluding hydrogens is 373 g/mol. The fourth-order valence-electron chi connectivity index (χ4n) is 2.79. The second-order valence-electron chi connectivity index (χ2n) is 5.68. The minimum atomic E-state index is -3.75. The van der Waals surface area contributed by atoms with Crippen molar-refractivity contribution in [3.05, 3.63) is 29.3 Å². The summed E-state index contributed by atoms with van der Waals surface area (Å²) < 4.78 is 27.1. The normalized spacial score (nSPS) is 19.0. The van der Waals surface area contributed by atoms with Crippen LogP contribution in [-0.4, -0.2) is 51.4 Å². The summed E-state index contributed by atoms with van der Waals surface area (Å²) in [7, 11) is -1.91. The highest BCUT2D eigenvalue weighted by molar-refractivity contribution is 7.89. The van der Waals surface area contributed by atoms with Gasteiger partial charge in [0.25, 0.3) is 0 Å². The van der Waals surface area contributed by atoms with Gasteiger partial charge in [0, 0.05) is 24.2 Å². The van der Waals surface area contributed by atoms with E-state index in [0.717, 1.165) is 12.8 Å². The van der Waals surface area contributed by atoms with Gasteiger partial charge in [-0.3, -0.25) is 4.79 Å². The van der Waals surface area contributed by atoms with Crippen LogP contribution in [0.1, 0.15) is 19.8 Å². The Bertz CT molecular complexity index is 652. The third kappa shape index (κ3) is 5.07. The third-order valence-corrected chi connectivity index (χ3v) is 5.73. The molecule has 1 heterocycles. The molecule has 1 aliphatic rings. The van der Waals surface area contributed by atoms with Crippen LogP contribution in [0.5, 0.6) is 0 Å². The lowest BCUT2D eigenvalue weighted by atomic mass is 10.2. The van der Waals surface area contributed by atoms with Gasteiger partial charge in [-0.25, -0.2) is 8.42 Å². The zero-order valence-electron chi connectivity index (χ0n) is 13.7. The summed E-state index contributed by atoms with van der Waals surface area (Å²) >= 11 is 5.77. The molecule has 1 aromatic carbocycles. The molecule has 0 aliphatic carbocycles. The maximum atomic E-state index is 12.5. The maximum Gasteiger partial charge on any atom is 0.241 e. The van der Waals surface area contributed by atoms with Crippen molar-refractivity contribution in [3.8, 4) is 0 Å². The van der Waals surface area contributed by atoms with Crippen LogP contribution in [0.25, 0.3) is 0 Å². The Kier molecular flexibility index (Phi) is 7.95. The van der Waals surface area contributed by atoms with Gasteiger partial charge in [-0.15, -0.1) is 12.4 Å². The van der Waals surface area contributed by atoms with Gasteiger partial charge >= 0.3 is 0 Å². The second-order valence-corrected chi connectivity index (χ2v) is 7.83. The Balaban J connectivity index is 0.00000288. The molecule has 0 radical (unpaired) electrons. The Morgan fingerprint density at radius 3 is 2.58 bits per heavy atom. The summed E-state index contributed by atoms with van der Waals surface area (Å²) in [6.07, 6.45) is 1.87. The van der Waals surface area contributed by atoms with Crippen molar-refractivity contribution in [2.45, 2.75) is 36.7 Å². The molecule has 1 saturated heterocycles. The largest absolute Gasteiger partial charge is 0.337 e. The van der Waals surface area contributed by atoms with E-state index in [1.807, 2.05) is 7.05 Å². The number of hydrogen-bond donors (Lipinski definition) is 2. The van der Waals surface area contributed by atoms with Crippen molar-refractivity contribution < 1.29 is 13.2 Å². The lowest BCUT2D eigenvalue weighted by Gasteiger charge is -2.27. The molecule has 1 fully saturated rings. The van der Waals surface area contributed by atoms with Gasteiger partial charge in [-0.05, 0) is 51.1 Å². The van der Waals surface area contributed by atoms with Gasteiger partial charge in [0.2, 0.25) is 15.9 Å². The third-order valence-electron chi connectivity index (χ3n) is 3.93. The number of sulfonamides is 1. The van der Waals surface area contributed by atoms with Crippen molar-refractivity contribution in [2.75, 3.05) is 20.1 Å². The minimum Gasteiger partial charge on any atom is -0.337 e. The number of nitrogens with zero attached hydrogens (tertiary/aromatic N) is 1. The number of likely N-dealkylation sites (N-methyl/N-ethyl adjacent to an activating group) is 1. The molecule has 0 bridgehead atoms. The number of rotatable bonds is 6. The Labute approximate surface area is 154 Å². The van der Waals surface area contributed by atoms with E-state index in [0.29, 0.717) is 18.1 Å². The highest BCUT2D eigenvalue weighted by atomic mass is 35.5. The van der Waals surface area contributed by atoms with Crippen molar-refractivity contribution >= 4 is 39.9 Å². The molecule has 2 atom stereocenters. The van der Waals surface area contributed by atoms with Crippen LogP contribution < -0.4 is 10.0 Å². The van der Waals surface area contributed by atoms with Crippen LogP contribution in [-0.2, 0) is 14.8 Å². The maximum absolute atomic E-state index is 12.5. The summed E-state index contributed by atoms with van der Waals surface area (Å²) in [5.74, 6) is -0.194. The summed E-state index contributed by atoms with van der Waals surface area (Å²) in [6.45, 7) is 2.95. The van der Waals surface area contributed by atoms with E-state index in [1.165, 1.54) is 24.3 Å². The number of nitrogens with one attached hydrogen (secondary N) is 2. The Morgan fingerprint density at radius 2 is 2.00 bits per heavy atom. The molecule has 136 valence electrons. The SMILES string of the molecule is CNCC1CCCN1C(=O)C(C)NS(=O)(=O)c1ccc(Cl)cc1.Cl. The fraction of sp³-hybridized carbons (Fsp3) is 0.533. The zero-order valence-corrected chi connectivity index (χ0v) is 16.0. The first-order valence-electron chi connectivity index (χ1n) is 7.58. The molecule has 0 aromatic heterocycles. The Hall–Kier alpha value is -0.860. The van der Waals surface area contributed by atoms with Gasteiger partial charge in [0.15, 0.2) is 0 Å². The average molecular weight is 396 g/mol. The van der Waals surface area contributed by atoms with E-state index in [2.05, 4.69) is 10.0 Å². The molecule has 24 heavy (non-hydrogen) atoms. The number of likely N-dealkylation sites (tertiary alicyclic amines) is 1. The van der Waals surface area contributed by atoms with E-state index in [4.69, 9.17) is 11.6 Å². The molecule has 6 nitrogen and oxygen atoms in total. The summed E-state index contributed by atoms with van der Waals surface area (Å²) in [4.78, 5) is 14.4. The molecule has 2 rings (SSSR count). The smallest absolute Gasteiger partial charge is 0.241 e. The molecule has 0 spiro atoms. The van der Waals surface area contributed by atoms with E-state index in [9.17, 15) is 13.2 Å². The van der Waals surface area contributed by atoms with Crippen LogP contribution in [0.4, 0.5) is 0 Å². The average Bonchev–Trinajstić information content (AvgIpc) is 2.95. The number of amides is 1. The summed E-state index contributed by atoms with van der Waals surface area (Å²) in [5.41, 5.74) is 0. The molecule has 2 unspecified atom stereocenters. The predicted octanol–water partition coefficient (Wildman–Crippen LogP) is 1.64. The van der Waals surface area contributed by atoms with E-state index in [1.54, 1.807) is 11.8 Å². The summed E-state index contributed by atoms with van der Waals surface area (Å²) in [6, 6.07) is 5.16. The quantitative estimate of drug-likeness (QED) is 0.767. The molecule has 1 aliphatic heterocycles. The van der Waals surface area contributed by atoms with Gasteiger partial charge in [-0.2, -0.15) is 4.72 Å². The van der Waals surface area contributed by atoms with Crippen molar-refractivity contribution in [1.29, 1.82) is 0 Å². The lowest BCUT2D eigenvalue weighted by molar-refractivity contribution is -0.133. The highest BCUT2D eigenvalue weighted by Gasteiger charge is 2.32. The number of halogens is 2. The lowest BCUT2D eigenvalue weighted by Crippen LogP contribution is -2.50. The molecular formula is C15H23Cl2N3O3S.